The van der Waals surface area contributed by atoms with Gasteiger partial charge in [-0.1, -0.05) is 269 Å². The van der Waals surface area contributed by atoms with Crippen molar-refractivity contribution in [2.45, 2.75) is 315 Å². The highest BCUT2D eigenvalue weighted by atomic mass is 16.3. The molecule has 0 saturated heterocycles. The molecule has 1 amide bonds. The van der Waals surface area contributed by atoms with Crippen LogP contribution in [0, 0.1) is 0 Å². The lowest BCUT2D eigenvalue weighted by Gasteiger charge is -2.21. The molecule has 0 fully saturated rings. The molecule has 0 aromatic heterocycles. The Labute approximate surface area is 387 Å². The first-order chi connectivity index (χ1) is 30.5. The smallest absolute Gasteiger partial charge is 0.222 e. The zero-order valence-corrected chi connectivity index (χ0v) is 41.8. The molecule has 4 N–H and O–H groups in total. The van der Waals surface area contributed by atoms with Crippen LogP contribution in [-0.2, 0) is 4.79 Å². The summed E-state index contributed by atoms with van der Waals surface area (Å²) in [5.74, 6) is -0.323. The van der Waals surface area contributed by atoms with Crippen molar-refractivity contribution >= 4 is 5.91 Å². The molecule has 0 aromatic carbocycles. The predicted molar refractivity (Wildman–Crippen MR) is 273 cm³/mol. The summed E-state index contributed by atoms with van der Waals surface area (Å²) in [5, 5.41) is 33.4. The molecule has 0 heterocycles. The lowest BCUT2D eigenvalue weighted by Crippen LogP contribution is -2.45. The first kappa shape index (κ1) is 60.6. The van der Waals surface area contributed by atoms with Crippen LogP contribution in [0.15, 0.2) is 36.5 Å². The Hall–Kier alpha value is -1.43. The summed E-state index contributed by atoms with van der Waals surface area (Å²) in [4.78, 5) is 12.5. The molecular weight excluding hydrogens is 763 g/mol. The third-order valence-corrected chi connectivity index (χ3v) is 12.9. The summed E-state index contributed by atoms with van der Waals surface area (Å²) in [6.45, 7) is 4.23. The SMILES string of the molecule is CCCCCCCCCCCCCC/C=C\CCCCCCCCCCCCC(O)CC(=O)NC(CO)C(O)/C=C/CC/C=C/CCCCCCCCCCCCCCCCC. The fourth-order valence-electron chi connectivity index (χ4n) is 8.65. The van der Waals surface area contributed by atoms with Crippen LogP contribution < -0.4 is 5.32 Å². The van der Waals surface area contributed by atoms with Gasteiger partial charge in [-0.05, 0) is 57.8 Å². The Morgan fingerprint density at radius 2 is 0.694 bits per heavy atom. The second kappa shape index (κ2) is 52.2. The zero-order chi connectivity index (χ0) is 45.1. The summed E-state index contributed by atoms with van der Waals surface area (Å²) in [6, 6.07) is -0.762. The Morgan fingerprint density at radius 3 is 1.03 bits per heavy atom. The van der Waals surface area contributed by atoms with Crippen LogP contribution in [0.1, 0.15) is 296 Å². The lowest BCUT2D eigenvalue weighted by molar-refractivity contribution is -0.124. The topological polar surface area (TPSA) is 89.8 Å². The molecule has 62 heavy (non-hydrogen) atoms. The van der Waals surface area contributed by atoms with Crippen molar-refractivity contribution in [2.24, 2.45) is 0 Å². The van der Waals surface area contributed by atoms with Crippen molar-refractivity contribution in [3.63, 3.8) is 0 Å². The van der Waals surface area contributed by atoms with E-state index in [-0.39, 0.29) is 18.9 Å². The summed E-state index contributed by atoms with van der Waals surface area (Å²) < 4.78 is 0. The van der Waals surface area contributed by atoms with Gasteiger partial charge in [-0.15, -0.1) is 0 Å². The highest BCUT2D eigenvalue weighted by molar-refractivity contribution is 5.76. The van der Waals surface area contributed by atoms with Crippen LogP contribution >= 0.6 is 0 Å². The van der Waals surface area contributed by atoms with Gasteiger partial charge in [0.25, 0.3) is 0 Å². The van der Waals surface area contributed by atoms with Crippen LogP contribution in [0.2, 0.25) is 0 Å². The van der Waals surface area contributed by atoms with Crippen molar-refractivity contribution in [3.8, 4) is 0 Å². The van der Waals surface area contributed by atoms with Crippen LogP contribution in [0.4, 0.5) is 0 Å². The number of carbonyl (C=O) groups is 1. The molecule has 3 unspecified atom stereocenters. The molecule has 0 saturated carbocycles. The molecule has 0 bridgehead atoms. The fourth-order valence-corrected chi connectivity index (χ4v) is 8.65. The largest absolute Gasteiger partial charge is 0.394 e. The van der Waals surface area contributed by atoms with Gasteiger partial charge in [0.05, 0.1) is 31.3 Å². The van der Waals surface area contributed by atoms with Gasteiger partial charge in [-0.25, -0.2) is 0 Å². The van der Waals surface area contributed by atoms with Gasteiger partial charge in [-0.3, -0.25) is 4.79 Å². The van der Waals surface area contributed by atoms with Gasteiger partial charge < -0.3 is 20.6 Å². The van der Waals surface area contributed by atoms with Crippen molar-refractivity contribution < 1.29 is 20.1 Å². The summed E-state index contributed by atoms with van der Waals surface area (Å²) in [6.07, 6.45) is 67.6. The first-order valence-corrected chi connectivity index (χ1v) is 27.8. The third-order valence-electron chi connectivity index (χ3n) is 12.9. The number of unbranched alkanes of at least 4 members (excludes halogenated alkanes) is 38. The molecule has 0 rings (SSSR count). The normalized spacial score (nSPS) is 13.6. The quantitative estimate of drug-likeness (QED) is 0.0362. The average Bonchev–Trinajstić information content (AvgIpc) is 3.27. The van der Waals surface area contributed by atoms with E-state index in [4.69, 9.17) is 0 Å². The fraction of sp³-hybridized carbons (Fsp3) is 0.877. The first-order valence-electron chi connectivity index (χ1n) is 27.8. The van der Waals surface area contributed by atoms with Crippen molar-refractivity contribution in [2.75, 3.05) is 6.61 Å². The minimum atomic E-state index is -0.953. The molecule has 0 aromatic rings. The second-order valence-electron chi connectivity index (χ2n) is 19.2. The standard InChI is InChI=1S/C57H109NO4/c1-3-5-7-9-11-13-15-17-19-21-23-25-26-27-28-29-31-32-34-36-38-40-42-44-46-48-50-54(60)52-57(62)58-55(53-59)56(61)51-49-47-45-43-41-39-37-35-33-30-24-22-20-18-16-14-12-10-8-6-4-2/h27-28,41,43,49,51,54-56,59-61H,3-26,29-40,42,44-48,50,52-53H2,1-2H3,(H,58,62)/b28-27-,43-41+,51-49+. The number of aliphatic hydroxyl groups excluding tert-OH is 3. The molecule has 5 heteroatoms. The molecule has 366 valence electrons. The highest BCUT2D eigenvalue weighted by Gasteiger charge is 2.20. The third kappa shape index (κ3) is 48.0. The van der Waals surface area contributed by atoms with E-state index >= 15 is 0 Å². The molecule has 0 aliphatic rings. The molecule has 0 aliphatic carbocycles. The van der Waals surface area contributed by atoms with Crippen LogP contribution in [0.25, 0.3) is 0 Å². The molecule has 3 atom stereocenters. The zero-order valence-electron chi connectivity index (χ0n) is 41.8. The van der Waals surface area contributed by atoms with Gasteiger partial charge in [0, 0.05) is 0 Å². The van der Waals surface area contributed by atoms with Crippen LogP contribution in [-0.4, -0.2) is 46.1 Å². The van der Waals surface area contributed by atoms with E-state index in [0.717, 1.165) is 32.1 Å². The van der Waals surface area contributed by atoms with Gasteiger partial charge in [0.1, 0.15) is 0 Å². The number of allylic oxidation sites excluding steroid dienone is 5. The van der Waals surface area contributed by atoms with Crippen molar-refractivity contribution in [1.29, 1.82) is 0 Å². The maximum absolute atomic E-state index is 12.5. The van der Waals surface area contributed by atoms with Gasteiger partial charge in [-0.2, -0.15) is 0 Å². The van der Waals surface area contributed by atoms with E-state index in [0.29, 0.717) is 6.42 Å². The number of carbonyl (C=O) groups excluding carboxylic acids is 1. The Bertz CT molecular complexity index is 962. The molecule has 0 aliphatic heterocycles. The lowest BCUT2D eigenvalue weighted by atomic mass is 10.0. The van der Waals surface area contributed by atoms with Gasteiger partial charge in [0.15, 0.2) is 0 Å². The Kier molecular flexibility index (Phi) is 51.0. The maximum atomic E-state index is 12.5. The summed E-state index contributed by atoms with van der Waals surface area (Å²) in [5.41, 5.74) is 0. The van der Waals surface area contributed by atoms with Crippen LogP contribution in [0.3, 0.4) is 0 Å². The van der Waals surface area contributed by atoms with E-state index in [9.17, 15) is 20.1 Å². The number of nitrogens with one attached hydrogen (secondary N) is 1. The van der Waals surface area contributed by atoms with E-state index in [1.54, 1.807) is 6.08 Å². The van der Waals surface area contributed by atoms with Crippen LogP contribution in [0.5, 0.6) is 0 Å². The van der Waals surface area contributed by atoms with Gasteiger partial charge >= 0.3 is 0 Å². The average molecular weight is 873 g/mol. The minimum Gasteiger partial charge on any atom is -0.394 e. The summed E-state index contributed by atoms with van der Waals surface area (Å²) >= 11 is 0. The number of hydrogen-bond donors (Lipinski definition) is 4. The number of hydrogen-bond acceptors (Lipinski definition) is 4. The Balaban J connectivity index is 3.60. The van der Waals surface area contributed by atoms with Crippen molar-refractivity contribution in [1.82, 2.24) is 5.32 Å². The molecular formula is C57H109NO4. The summed E-state index contributed by atoms with van der Waals surface area (Å²) in [7, 11) is 0. The van der Waals surface area contributed by atoms with E-state index in [1.807, 2.05) is 6.08 Å². The molecule has 5 nitrogen and oxygen atoms in total. The van der Waals surface area contributed by atoms with Gasteiger partial charge in [0.2, 0.25) is 5.91 Å². The van der Waals surface area contributed by atoms with E-state index < -0.39 is 18.2 Å². The highest BCUT2D eigenvalue weighted by Crippen LogP contribution is 2.17. The minimum absolute atomic E-state index is 0.00627. The maximum Gasteiger partial charge on any atom is 0.222 e. The van der Waals surface area contributed by atoms with E-state index in [2.05, 4.69) is 43.5 Å². The Morgan fingerprint density at radius 1 is 0.403 bits per heavy atom. The number of aliphatic hydroxyl groups is 3. The molecule has 0 radical (unpaired) electrons. The molecule has 0 spiro atoms. The number of rotatable bonds is 51. The van der Waals surface area contributed by atoms with Crippen molar-refractivity contribution in [3.05, 3.63) is 36.5 Å². The predicted octanol–water partition coefficient (Wildman–Crippen LogP) is 17.1. The second-order valence-corrected chi connectivity index (χ2v) is 19.2. The van der Waals surface area contributed by atoms with E-state index in [1.165, 1.54) is 238 Å². The monoisotopic (exact) mass is 872 g/mol. The number of amides is 1.